The van der Waals surface area contributed by atoms with E-state index in [1.807, 2.05) is 91.9 Å². The van der Waals surface area contributed by atoms with E-state index < -0.39 is 20.2 Å². The van der Waals surface area contributed by atoms with Gasteiger partial charge in [-0.1, -0.05) is 196 Å². The maximum absolute atomic E-state index is 10.3. The molecule has 0 bridgehead atoms. The third kappa shape index (κ3) is 36.2. The van der Waals surface area contributed by atoms with Crippen molar-refractivity contribution in [3.05, 3.63) is 217 Å². The summed E-state index contributed by atoms with van der Waals surface area (Å²) >= 11 is 0. The Kier molecular flexibility index (Phi) is 33.2. The van der Waals surface area contributed by atoms with E-state index in [0.717, 1.165) is 27.5 Å². The second kappa shape index (κ2) is 32.5. The van der Waals surface area contributed by atoms with Gasteiger partial charge < -0.3 is 2.85 Å². The molecule has 0 amide bonds. The van der Waals surface area contributed by atoms with Gasteiger partial charge in [0.25, 0.3) is 20.2 Å². The number of hydrogen-bond donors (Lipinski definition) is 2. The fourth-order valence-electron chi connectivity index (χ4n) is 2.92. The Bertz CT molecular complexity index is 1790. The number of rotatable bonds is 9. The van der Waals surface area contributed by atoms with Crippen LogP contribution in [0.1, 0.15) is 32.0 Å². The standard InChI is InChI=1S/C12H12.2C8H8O3S.C8H8.C5H8.2Na.2H/c1-2-3-4-6-9-12-10-7-5-8-11-12;2*9-12(10,11)7-6-8-4-2-1-3-5-8;1-2-8-6-4-3-5-7-8;1-4-5(2)3;;;;/h2-11H,1H2;2*1-7H,(H,9,10,11);2-7H,1H2;4H,1-2H2,3H3;;;;/q;;;;;2*+1;2*-1. The summed E-state index contributed by atoms with van der Waals surface area (Å²) < 4.78 is 57.8. The minimum Gasteiger partial charge on any atom is -1.00 e. The smallest absolute Gasteiger partial charge is 1.00 e. The Morgan fingerprint density at radius 2 is 0.824 bits per heavy atom. The van der Waals surface area contributed by atoms with Crippen molar-refractivity contribution in [2.75, 3.05) is 0 Å². The molecule has 4 rings (SSSR count). The van der Waals surface area contributed by atoms with Gasteiger partial charge in [-0.25, -0.2) is 0 Å². The average molecular weight is 745 g/mol. The van der Waals surface area contributed by atoms with Gasteiger partial charge in [-0.15, -0.1) is 0 Å². The maximum Gasteiger partial charge on any atom is 1.00 e. The largest absolute Gasteiger partial charge is 1.00 e. The molecule has 0 radical (unpaired) electrons. The van der Waals surface area contributed by atoms with Gasteiger partial charge in [0.15, 0.2) is 0 Å². The molecule has 4 aromatic rings. The summed E-state index contributed by atoms with van der Waals surface area (Å²) in [5, 5.41) is 1.50. The Morgan fingerprint density at radius 1 is 0.529 bits per heavy atom. The molecule has 0 spiro atoms. The zero-order valence-electron chi connectivity index (χ0n) is 31.6. The summed E-state index contributed by atoms with van der Waals surface area (Å²) in [4.78, 5) is 0. The first-order valence-corrected chi connectivity index (χ1v) is 17.7. The van der Waals surface area contributed by atoms with Crippen LogP contribution in [-0.4, -0.2) is 25.9 Å². The van der Waals surface area contributed by atoms with Crippen LogP contribution in [0.15, 0.2) is 194 Å². The van der Waals surface area contributed by atoms with E-state index in [1.165, 1.54) is 23.3 Å². The monoisotopic (exact) mass is 744 g/mol. The molecule has 0 aliphatic carbocycles. The fraction of sp³-hybridized carbons (Fsp3) is 0.0244. The van der Waals surface area contributed by atoms with Crippen LogP contribution < -0.4 is 59.1 Å². The molecule has 0 saturated carbocycles. The molecule has 0 aromatic heterocycles. The molecule has 0 heterocycles. The minimum absolute atomic E-state index is 0. The average Bonchev–Trinajstić information content (AvgIpc) is 3.10. The Labute approximate surface area is 352 Å². The van der Waals surface area contributed by atoms with E-state index in [9.17, 15) is 16.8 Å². The first kappa shape index (κ1) is 52.0. The summed E-state index contributed by atoms with van der Waals surface area (Å²) in [6, 6.07) is 37.9. The molecule has 10 heteroatoms. The Hall–Kier alpha value is -3.38. The van der Waals surface area contributed by atoms with Gasteiger partial charge in [-0.05, 0) is 41.3 Å². The van der Waals surface area contributed by atoms with Crippen LogP contribution in [0.3, 0.4) is 0 Å². The van der Waals surface area contributed by atoms with Crippen LogP contribution in [0, 0.1) is 0 Å². The van der Waals surface area contributed by atoms with Crippen molar-refractivity contribution in [3.63, 3.8) is 0 Å². The van der Waals surface area contributed by atoms with Gasteiger partial charge in [0, 0.05) is 0 Å². The quantitative estimate of drug-likeness (QED) is 0.144. The van der Waals surface area contributed by atoms with Crippen molar-refractivity contribution in [2.45, 2.75) is 6.92 Å². The van der Waals surface area contributed by atoms with Crippen molar-refractivity contribution in [1.82, 2.24) is 0 Å². The van der Waals surface area contributed by atoms with E-state index in [0.29, 0.717) is 0 Å². The van der Waals surface area contributed by atoms with Crippen molar-refractivity contribution < 1.29 is 87.9 Å². The number of hydrogen-bond acceptors (Lipinski definition) is 4. The molecule has 6 nitrogen and oxygen atoms in total. The zero-order chi connectivity index (χ0) is 36.8. The van der Waals surface area contributed by atoms with Crippen LogP contribution in [0.25, 0.3) is 24.3 Å². The molecule has 4 aromatic carbocycles. The van der Waals surface area contributed by atoms with Gasteiger partial charge >= 0.3 is 59.1 Å². The molecule has 2 N–H and O–H groups in total. The predicted octanol–water partition coefficient (Wildman–Crippen LogP) is 4.84. The molecule has 0 aliphatic heterocycles. The summed E-state index contributed by atoms with van der Waals surface area (Å²) in [7, 11) is -8.01. The van der Waals surface area contributed by atoms with Crippen LogP contribution >= 0.6 is 0 Å². The third-order valence-corrected chi connectivity index (χ3v) is 6.25. The molecule has 0 unspecified atom stereocenters. The van der Waals surface area contributed by atoms with Gasteiger partial charge in [0.05, 0.1) is 10.8 Å². The van der Waals surface area contributed by atoms with Crippen molar-refractivity contribution >= 4 is 44.5 Å². The zero-order valence-corrected chi connectivity index (χ0v) is 35.2. The molecule has 0 aliphatic rings. The second-order valence-electron chi connectivity index (χ2n) is 9.51. The van der Waals surface area contributed by atoms with Crippen LogP contribution in [0.5, 0.6) is 0 Å². The van der Waals surface area contributed by atoms with Crippen LogP contribution in [-0.2, 0) is 20.2 Å². The van der Waals surface area contributed by atoms with Gasteiger partial charge in [-0.2, -0.15) is 16.8 Å². The Morgan fingerprint density at radius 3 is 1.06 bits per heavy atom. The second-order valence-corrected chi connectivity index (χ2v) is 12.1. The number of benzene rings is 4. The van der Waals surface area contributed by atoms with Crippen molar-refractivity contribution in [1.29, 1.82) is 0 Å². The molecule has 51 heavy (non-hydrogen) atoms. The topological polar surface area (TPSA) is 109 Å². The first-order chi connectivity index (χ1) is 23.3. The van der Waals surface area contributed by atoms with Crippen LogP contribution in [0.4, 0.5) is 0 Å². The van der Waals surface area contributed by atoms with Crippen LogP contribution in [0.2, 0.25) is 0 Å². The molecular formula is C41H46Na2O6S2. The predicted molar refractivity (Wildman–Crippen MR) is 213 cm³/mol. The van der Waals surface area contributed by atoms with E-state index in [2.05, 4.69) is 44.5 Å². The summed E-state index contributed by atoms with van der Waals surface area (Å²) in [5.41, 5.74) is 4.87. The molecule has 0 fully saturated rings. The maximum atomic E-state index is 10.3. The van der Waals surface area contributed by atoms with Gasteiger partial charge in [0.2, 0.25) is 0 Å². The van der Waals surface area contributed by atoms with E-state index in [4.69, 9.17) is 9.11 Å². The normalized spacial score (nSPS) is 10.3. The molecular weight excluding hydrogens is 699 g/mol. The van der Waals surface area contributed by atoms with Crippen molar-refractivity contribution in [3.8, 4) is 0 Å². The summed E-state index contributed by atoms with van der Waals surface area (Å²) in [6.07, 6.45) is 15.9. The summed E-state index contributed by atoms with van der Waals surface area (Å²) in [5.74, 6) is 0. The SMILES string of the molecule is C=CC(=C)C.C=CC=CC=Cc1ccccc1.C=Cc1ccccc1.O=S(=O)(O)C=Cc1ccccc1.O=S(=O)(O)C=Cc1ccccc1.[H-].[H-].[Na+].[Na+]. The van der Waals surface area contributed by atoms with E-state index >= 15 is 0 Å². The number of allylic oxidation sites excluding steroid dienone is 6. The summed E-state index contributed by atoms with van der Waals surface area (Å²) in [6.45, 7) is 16.1. The fourth-order valence-corrected chi connectivity index (χ4v) is 3.58. The van der Waals surface area contributed by atoms with E-state index in [-0.39, 0.29) is 62.0 Å². The molecule has 0 saturated heterocycles. The van der Waals surface area contributed by atoms with Gasteiger partial charge in [0.1, 0.15) is 0 Å². The molecule has 260 valence electrons. The first-order valence-electron chi connectivity index (χ1n) is 14.7. The van der Waals surface area contributed by atoms with Gasteiger partial charge in [-0.3, -0.25) is 9.11 Å². The Balaban J connectivity index is -0.000000182. The van der Waals surface area contributed by atoms with Crippen molar-refractivity contribution in [2.24, 2.45) is 0 Å². The third-order valence-electron chi connectivity index (χ3n) is 5.29. The minimum atomic E-state index is -4.00. The molecule has 0 atom stereocenters. The van der Waals surface area contributed by atoms with E-state index in [1.54, 1.807) is 60.7 Å².